The zero-order valence-electron chi connectivity index (χ0n) is 23.6. The van der Waals surface area contributed by atoms with Crippen molar-refractivity contribution in [3.63, 3.8) is 0 Å². The highest BCUT2D eigenvalue weighted by molar-refractivity contribution is 6.07. The molecule has 1 saturated carbocycles. The van der Waals surface area contributed by atoms with Crippen molar-refractivity contribution < 1.29 is 27.6 Å². The van der Waals surface area contributed by atoms with Gasteiger partial charge in [-0.1, -0.05) is 6.07 Å². The molecule has 0 bridgehead atoms. The van der Waals surface area contributed by atoms with E-state index in [2.05, 4.69) is 10.6 Å². The minimum absolute atomic E-state index is 0.000533. The minimum atomic E-state index is -1.15. The van der Waals surface area contributed by atoms with E-state index in [4.69, 9.17) is 5.73 Å². The first-order valence-electron chi connectivity index (χ1n) is 14.4. The maximum Gasteiger partial charge on any atom is 0.255 e. The molecule has 1 aliphatic carbocycles. The molecule has 3 amide bonds. The van der Waals surface area contributed by atoms with Gasteiger partial charge in [0.05, 0.1) is 11.4 Å². The number of halogens is 3. The maximum absolute atomic E-state index is 13.9. The van der Waals surface area contributed by atoms with E-state index in [1.807, 2.05) is 4.90 Å². The first-order chi connectivity index (χ1) is 20.7. The van der Waals surface area contributed by atoms with Crippen LogP contribution in [-0.4, -0.2) is 60.9 Å². The lowest BCUT2D eigenvalue weighted by atomic mass is 9.91. The third kappa shape index (κ3) is 7.34. The van der Waals surface area contributed by atoms with Gasteiger partial charge in [0, 0.05) is 55.0 Å². The van der Waals surface area contributed by atoms with Crippen LogP contribution in [0.15, 0.2) is 60.7 Å². The summed E-state index contributed by atoms with van der Waals surface area (Å²) < 4.78 is 41.1. The summed E-state index contributed by atoms with van der Waals surface area (Å²) in [6, 6.07) is 13.6. The van der Waals surface area contributed by atoms with Gasteiger partial charge in [-0.05, 0) is 86.7 Å². The molecule has 226 valence electrons. The molecule has 0 atom stereocenters. The Morgan fingerprint density at radius 1 is 0.744 bits per heavy atom. The normalized spacial score (nSPS) is 19.0. The van der Waals surface area contributed by atoms with Crippen LogP contribution < -0.4 is 21.3 Å². The number of hydrogen-bond donors (Lipinski definition) is 3. The molecule has 0 spiro atoms. The van der Waals surface area contributed by atoms with Gasteiger partial charge in [0.1, 0.15) is 5.82 Å². The molecular weight excluding hydrogens is 559 g/mol. The molecule has 1 heterocycles. The summed E-state index contributed by atoms with van der Waals surface area (Å²) in [5.74, 6) is -3.94. The largest absolute Gasteiger partial charge is 0.368 e. The van der Waals surface area contributed by atoms with Crippen LogP contribution in [0.5, 0.6) is 0 Å². The SMILES string of the molecule is NC1CCC(NC(=O)c2ccc(N3CCCN(C(=O)c4cccc(F)c4)CC3)c(NC(=O)c3ccc(F)c(F)c3)c2)CC1. The van der Waals surface area contributed by atoms with E-state index >= 15 is 0 Å². The van der Waals surface area contributed by atoms with Gasteiger partial charge in [0.2, 0.25) is 0 Å². The maximum atomic E-state index is 13.9. The lowest BCUT2D eigenvalue weighted by Gasteiger charge is -2.28. The fourth-order valence-electron chi connectivity index (χ4n) is 5.58. The van der Waals surface area contributed by atoms with Crippen LogP contribution in [-0.2, 0) is 0 Å². The fourth-order valence-corrected chi connectivity index (χ4v) is 5.58. The number of rotatable bonds is 6. The average Bonchev–Trinajstić information content (AvgIpc) is 3.25. The molecule has 3 aromatic carbocycles. The number of nitrogens with two attached hydrogens (primary N) is 1. The van der Waals surface area contributed by atoms with Gasteiger partial charge in [-0.2, -0.15) is 0 Å². The third-order valence-corrected chi connectivity index (χ3v) is 7.99. The molecule has 2 fully saturated rings. The second kappa shape index (κ2) is 13.3. The molecular formula is C32H34F3N5O3. The topological polar surface area (TPSA) is 108 Å². The summed E-state index contributed by atoms with van der Waals surface area (Å²) in [5.41, 5.74) is 7.43. The Bertz CT molecular complexity index is 1510. The van der Waals surface area contributed by atoms with E-state index in [1.165, 1.54) is 24.3 Å². The van der Waals surface area contributed by atoms with Crippen molar-refractivity contribution in [2.45, 2.75) is 44.2 Å². The van der Waals surface area contributed by atoms with E-state index in [0.717, 1.165) is 37.8 Å². The number of hydrogen-bond acceptors (Lipinski definition) is 5. The van der Waals surface area contributed by atoms with Crippen molar-refractivity contribution in [1.82, 2.24) is 10.2 Å². The number of amides is 3. The van der Waals surface area contributed by atoms with Crippen LogP contribution in [0.1, 0.15) is 63.2 Å². The van der Waals surface area contributed by atoms with Crippen LogP contribution in [0.2, 0.25) is 0 Å². The van der Waals surface area contributed by atoms with E-state index in [1.54, 1.807) is 29.2 Å². The van der Waals surface area contributed by atoms with Crippen molar-refractivity contribution in [3.8, 4) is 0 Å². The predicted molar refractivity (Wildman–Crippen MR) is 158 cm³/mol. The molecule has 11 heteroatoms. The second-order valence-corrected chi connectivity index (χ2v) is 11.0. The minimum Gasteiger partial charge on any atom is -0.368 e. The number of benzene rings is 3. The van der Waals surface area contributed by atoms with Gasteiger partial charge in [-0.3, -0.25) is 14.4 Å². The number of nitrogens with zero attached hydrogens (tertiary/aromatic N) is 2. The molecule has 3 aromatic rings. The van der Waals surface area contributed by atoms with Gasteiger partial charge in [-0.25, -0.2) is 13.2 Å². The highest BCUT2D eigenvalue weighted by Gasteiger charge is 2.25. The number of anilines is 2. The summed E-state index contributed by atoms with van der Waals surface area (Å²) in [6.45, 7) is 1.74. The van der Waals surface area contributed by atoms with Crippen molar-refractivity contribution in [1.29, 1.82) is 0 Å². The summed E-state index contributed by atoms with van der Waals surface area (Å²) >= 11 is 0. The molecule has 1 saturated heterocycles. The Balaban J connectivity index is 1.37. The van der Waals surface area contributed by atoms with E-state index in [9.17, 15) is 27.6 Å². The van der Waals surface area contributed by atoms with Crippen molar-refractivity contribution in [2.75, 3.05) is 36.4 Å². The fraction of sp³-hybridized carbons (Fsp3) is 0.344. The highest BCUT2D eigenvalue weighted by atomic mass is 19.2. The predicted octanol–water partition coefficient (Wildman–Crippen LogP) is 4.71. The van der Waals surface area contributed by atoms with Crippen LogP contribution in [0, 0.1) is 17.5 Å². The van der Waals surface area contributed by atoms with E-state index in [-0.39, 0.29) is 35.0 Å². The van der Waals surface area contributed by atoms with Gasteiger partial charge in [0.25, 0.3) is 17.7 Å². The monoisotopic (exact) mass is 593 g/mol. The summed E-state index contributed by atoms with van der Waals surface area (Å²) in [7, 11) is 0. The molecule has 1 aliphatic heterocycles. The Kier molecular flexibility index (Phi) is 9.30. The Labute approximate surface area is 248 Å². The zero-order valence-corrected chi connectivity index (χ0v) is 23.6. The Hall–Kier alpha value is -4.38. The molecule has 4 N–H and O–H groups in total. The molecule has 0 radical (unpaired) electrons. The first kappa shape index (κ1) is 30.1. The molecule has 5 rings (SSSR count). The van der Waals surface area contributed by atoms with E-state index in [0.29, 0.717) is 49.5 Å². The lowest BCUT2D eigenvalue weighted by Crippen LogP contribution is -2.40. The number of nitrogens with one attached hydrogen (secondary N) is 2. The van der Waals surface area contributed by atoms with Gasteiger partial charge < -0.3 is 26.2 Å². The van der Waals surface area contributed by atoms with Crippen LogP contribution in [0.25, 0.3) is 0 Å². The van der Waals surface area contributed by atoms with Crippen molar-refractivity contribution in [3.05, 3.63) is 94.8 Å². The molecule has 8 nitrogen and oxygen atoms in total. The highest BCUT2D eigenvalue weighted by Crippen LogP contribution is 2.30. The first-order valence-corrected chi connectivity index (χ1v) is 14.4. The zero-order chi connectivity index (χ0) is 30.5. The quantitative estimate of drug-likeness (QED) is 0.384. The van der Waals surface area contributed by atoms with Gasteiger partial charge >= 0.3 is 0 Å². The Morgan fingerprint density at radius 3 is 2.23 bits per heavy atom. The average molecular weight is 594 g/mol. The Morgan fingerprint density at radius 2 is 1.49 bits per heavy atom. The van der Waals surface area contributed by atoms with Crippen LogP contribution in [0.4, 0.5) is 24.5 Å². The standard InChI is InChI=1S/C32H34F3N5O3/c33-23-4-1-3-22(17-23)32(43)40-14-2-13-39(15-16-40)29-12-6-21(30(41)37-25-9-7-24(36)8-10-25)19-28(29)38-31(42)20-5-11-26(34)27(35)18-20/h1,3-6,11-12,17-19,24-25H,2,7-10,13-16,36H2,(H,37,41)(H,38,42). The van der Waals surface area contributed by atoms with Crippen LogP contribution in [0.3, 0.4) is 0 Å². The molecule has 2 aliphatic rings. The number of carbonyl (C=O) groups is 3. The smallest absolute Gasteiger partial charge is 0.255 e. The summed E-state index contributed by atoms with van der Waals surface area (Å²) in [6.07, 6.45) is 3.82. The van der Waals surface area contributed by atoms with Gasteiger partial charge in [0.15, 0.2) is 11.6 Å². The van der Waals surface area contributed by atoms with E-state index < -0.39 is 23.4 Å². The number of carbonyl (C=O) groups excluding carboxylic acids is 3. The molecule has 0 aromatic heterocycles. The van der Waals surface area contributed by atoms with Crippen molar-refractivity contribution >= 4 is 29.1 Å². The van der Waals surface area contributed by atoms with Crippen LogP contribution >= 0.6 is 0 Å². The third-order valence-electron chi connectivity index (χ3n) is 7.99. The van der Waals surface area contributed by atoms with Crippen molar-refractivity contribution in [2.24, 2.45) is 5.73 Å². The van der Waals surface area contributed by atoms with Gasteiger partial charge in [-0.15, -0.1) is 0 Å². The lowest BCUT2D eigenvalue weighted by molar-refractivity contribution is 0.0766. The summed E-state index contributed by atoms with van der Waals surface area (Å²) in [5, 5.41) is 5.82. The summed E-state index contributed by atoms with van der Waals surface area (Å²) in [4.78, 5) is 43.0. The second-order valence-electron chi connectivity index (χ2n) is 11.0. The molecule has 43 heavy (non-hydrogen) atoms. The molecule has 0 unspecified atom stereocenters.